The Morgan fingerprint density at radius 2 is 1.88 bits per heavy atom. The maximum Gasteiger partial charge on any atom is 0.256 e. The second kappa shape index (κ2) is 10.1. The van der Waals surface area contributed by atoms with E-state index >= 15 is 0 Å². The molecule has 0 radical (unpaired) electrons. The molecule has 0 spiro atoms. The van der Waals surface area contributed by atoms with Gasteiger partial charge in [0.25, 0.3) is 12.3 Å². The monoisotopic (exact) mass is 567 g/mol. The first kappa shape index (κ1) is 27.1. The molecule has 6 rings (SSSR count). The van der Waals surface area contributed by atoms with Gasteiger partial charge in [0.05, 0.1) is 38.5 Å². The molecular formula is C30H35F2N5O2S. The Morgan fingerprint density at radius 1 is 1.12 bits per heavy atom. The third kappa shape index (κ3) is 4.96. The van der Waals surface area contributed by atoms with E-state index in [0.29, 0.717) is 30.0 Å². The van der Waals surface area contributed by atoms with Crippen LogP contribution in [0.4, 0.5) is 8.78 Å². The lowest BCUT2D eigenvalue weighted by molar-refractivity contribution is 0.0598. The van der Waals surface area contributed by atoms with E-state index in [1.54, 1.807) is 26.8 Å². The Kier molecular flexibility index (Phi) is 6.81. The number of nitrogens with one attached hydrogen (secondary N) is 1. The van der Waals surface area contributed by atoms with Crippen molar-refractivity contribution in [2.45, 2.75) is 63.8 Å². The maximum absolute atomic E-state index is 13.9. The highest BCUT2D eigenvalue weighted by molar-refractivity contribution is 7.84. The fourth-order valence-electron chi connectivity index (χ4n) is 5.49. The Bertz CT molecular complexity index is 1630. The zero-order valence-electron chi connectivity index (χ0n) is 23.3. The highest BCUT2D eigenvalue weighted by atomic mass is 32.2. The van der Waals surface area contributed by atoms with E-state index < -0.39 is 28.2 Å². The van der Waals surface area contributed by atoms with E-state index in [2.05, 4.69) is 38.1 Å². The van der Waals surface area contributed by atoms with Gasteiger partial charge in [-0.15, -0.1) is 0 Å². The minimum Gasteiger partial charge on any atom is -0.338 e. The number of carbonyl (C=O) groups is 1. The van der Waals surface area contributed by atoms with Gasteiger partial charge < -0.3 is 14.0 Å². The van der Waals surface area contributed by atoms with Crippen LogP contribution in [0.3, 0.4) is 0 Å². The molecule has 7 nitrogen and oxygen atoms in total. The molecule has 2 aliphatic rings. The van der Waals surface area contributed by atoms with Crippen LogP contribution in [0.5, 0.6) is 0 Å². The quantitative estimate of drug-likeness (QED) is 0.315. The van der Waals surface area contributed by atoms with Crippen molar-refractivity contribution in [3.63, 3.8) is 0 Å². The third-order valence-corrected chi connectivity index (χ3v) is 9.62. The first-order valence-electron chi connectivity index (χ1n) is 13.8. The number of benzene rings is 2. The smallest absolute Gasteiger partial charge is 0.256 e. The van der Waals surface area contributed by atoms with Crippen LogP contribution >= 0.6 is 0 Å². The standard InChI is InChI=1S/C30H35F2N5O2S/c1-30(2,3)40(39)34-23(27(31)32)17-36-12-11-19-13-25-22(15-21(19)29(36)38)33-28(35(25)4)26-14-20-7-5-6-8-24(20)37(26)16-18-9-10-18/h5-8,13-15,18,23,27,34H,9-12,16-17H2,1-4H3/t23-,40+/m0/s1. The molecule has 1 N–H and O–H groups in total. The van der Waals surface area contributed by atoms with Crippen LogP contribution in [0.25, 0.3) is 33.5 Å². The van der Waals surface area contributed by atoms with E-state index in [9.17, 15) is 17.8 Å². The van der Waals surface area contributed by atoms with E-state index in [0.717, 1.165) is 29.1 Å². The van der Waals surface area contributed by atoms with E-state index in [-0.39, 0.29) is 12.5 Å². The van der Waals surface area contributed by atoms with Gasteiger partial charge >= 0.3 is 0 Å². The van der Waals surface area contributed by atoms with Crippen molar-refractivity contribution in [2.75, 3.05) is 13.1 Å². The fraction of sp³-hybridized carbons (Fsp3) is 0.467. The normalized spacial score (nSPS) is 17.7. The molecule has 1 aliphatic heterocycles. The van der Waals surface area contributed by atoms with Gasteiger partial charge in [-0.2, -0.15) is 0 Å². The lowest BCUT2D eigenvalue weighted by Crippen LogP contribution is -2.52. The molecule has 212 valence electrons. The van der Waals surface area contributed by atoms with Crippen molar-refractivity contribution in [3.05, 3.63) is 53.6 Å². The number of nitrogens with zero attached hydrogens (tertiary/aromatic N) is 4. The number of fused-ring (bicyclic) bond motifs is 3. The first-order valence-corrected chi connectivity index (χ1v) is 15.0. The summed E-state index contributed by atoms with van der Waals surface area (Å²) in [4.78, 5) is 19.9. The molecule has 0 unspecified atom stereocenters. The Hall–Kier alpha value is -3.11. The molecule has 4 aromatic rings. The number of carbonyl (C=O) groups excluding carboxylic acids is 1. The summed E-state index contributed by atoms with van der Waals surface area (Å²) in [5, 5.41) is 1.17. The predicted molar refractivity (Wildman–Crippen MR) is 155 cm³/mol. The van der Waals surface area contributed by atoms with Crippen LogP contribution in [0.2, 0.25) is 0 Å². The van der Waals surface area contributed by atoms with Crippen LogP contribution in [-0.4, -0.2) is 59.4 Å². The second-order valence-electron chi connectivity index (χ2n) is 12.1. The summed E-state index contributed by atoms with van der Waals surface area (Å²) in [7, 11) is 0.325. The highest BCUT2D eigenvalue weighted by Crippen LogP contribution is 2.37. The maximum atomic E-state index is 13.9. The van der Waals surface area contributed by atoms with Crippen LogP contribution in [0.15, 0.2) is 42.5 Å². The molecule has 1 aliphatic carbocycles. The molecule has 2 atom stereocenters. The summed E-state index contributed by atoms with van der Waals surface area (Å²) < 4.78 is 46.6. The first-order chi connectivity index (χ1) is 19.0. The SMILES string of the molecule is Cn1c(-c2cc3ccccc3n2CC2CC2)nc2cc3c(cc21)CCN(C[C@H](N[S@](=O)C(C)(C)C)C(F)F)C3=O. The van der Waals surface area contributed by atoms with E-state index in [4.69, 9.17) is 4.98 Å². The highest BCUT2D eigenvalue weighted by Gasteiger charge is 2.34. The van der Waals surface area contributed by atoms with Crippen molar-refractivity contribution in [1.29, 1.82) is 0 Å². The average Bonchev–Trinajstić information content (AvgIpc) is 3.58. The molecule has 0 bridgehead atoms. The topological polar surface area (TPSA) is 72.2 Å². The van der Waals surface area contributed by atoms with Crippen molar-refractivity contribution in [2.24, 2.45) is 13.0 Å². The van der Waals surface area contributed by atoms with Gasteiger partial charge in [0.15, 0.2) is 5.82 Å². The Labute approximate surface area is 235 Å². The van der Waals surface area contributed by atoms with Crippen molar-refractivity contribution in [3.8, 4) is 11.5 Å². The number of aromatic nitrogens is 3. The minimum absolute atomic E-state index is 0.218. The Morgan fingerprint density at radius 3 is 2.58 bits per heavy atom. The van der Waals surface area contributed by atoms with Gasteiger partial charge in [-0.1, -0.05) is 18.2 Å². The lowest BCUT2D eigenvalue weighted by Gasteiger charge is -2.32. The third-order valence-electron chi connectivity index (χ3n) is 7.99. The summed E-state index contributed by atoms with van der Waals surface area (Å²) >= 11 is 0. The summed E-state index contributed by atoms with van der Waals surface area (Å²) in [5.41, 5.74) is 5.26. The van der Waals surface area contributed by atoms with Gasteiger partial charge in [-0.05, 0) is 75.8 Å². The number of alkyl halides is 2. The molecule has 0 saturated heterocycles. The average molecular weight is 568 g/mol. The molecule has 2 aromatic carbocycles. The lowest BCUT2D eigenvalue weighted by atomic mass is 9.97. The summed E-state index contributed by atoms with van der Waals surface area (Å²) in [6.45, 7) is 6.22. The number of amides is 1. The van der Waals surface area contributed by atoms with Gasteiger partial charge in [-0.3, -0.25) is 4.79 Å². The molecule has 1 saturated carbocycles. The van der Waals surface area contributed by atoms with Crippen molar-refractivity contribution < 1.29 is 17.8 Å². The molecular weight excluding hydrogens is 532 g/mol. The summed E-state index contributed by atoms with van der Waals surface area (Å²) in [5.74, 6) is 1.23. The zero-order valence-corrected chi connectivity index (χ0v) is 24.1. The number of hydrogen-bond acceptors (Lipinski definition) is 3. The van der Waals surface area contributed by atoms with Crippen LogP contribution in [0, 0.1) is 5.92 Å². The number of rotatable bonds is 8. The molecule has 10 heteroatoms. The molecule has 3 heterocycles. The molecule has 1 fully saturated rings. The number of halogens is 2. The summed E-state index contributed by atoms with van der Waals surface area (Å²) in [6, 6.07) is 13.0. The molecule has 2 aromatic heterocycles. The molecule has 1 amide bonds. The van der Waals surface area contributed by atoms with Crippen molar-refractivity contribution in [1.82, 2.24) is 23.7 Å². The number of imidazole rings is 1. The van der Waals surface area contributed by atoms with Gasteiger partial charge in [0.2, 0.25) is 0 Å². The minimum atomic E-state index is -2.76. The fourth-order valence-corrected chi connectivity index (χ4v) is 6.29. The second-order valence-corrected chi connectivity index (χ2v) is 14.1. The van der Waals surface area contributed by atoms with Crippen LogP contribution < -0.4 is 4.72 Å². The van der Waals surface area contributed by atoms with E-state index in [1.807, 2.05) is 19.2 Å². The zero-order chi connectivity index (χ0) is 28.3. The van der Waals surface area contributed by atoms with Crippen molar-refractivity contribution >= 4 is 38.8 Å². The van der Waals surface area contributed by atoms with Gasteiger partial charge in [-0.25, -0.2) is 22.7 Å². The van der Waals surface area contributed by atoms with Crippen LogP contribution in [-0.2, 0) is 31.0 Å². The number of hydrogen-bond donors (Lipinski definition) is 1. The predicted octanol–water partition coefficient (Wildman–Crippen LogP) is 5.29. The summed E-state index contributed by atoms with van der Waals surface area (Å²) in [6.07, 6.45) is 0.281. The van der Waals surface area contributed by atoms with Crippen LogP contribution in [0.1, 0.15) is 49.5 Å². The number of para-hydroxylation sites is 1. The van der Waals surface area contributed by atoms with E-state index in [1.165, 1.54) is 28.6 Å². The number of aryl methyl sites for hydroxylation is 1. The Balaban J connectivity index is 1.33. The largest absolute Gasteiger partial charge is 0.338 e. The molecule has 40 heavy (non-hydrogen) atoms. The van der Waals surface area contributed by atoms with Gasteiger partial charge in [0.1, 0.15) is 0 Å². The van der Waals surface area contributed by atoms with Gasteiger partial charge in [0, 0.05) is 43.1 Å².